The predicted molar refractivity (Wildman–Crippen MR) is 71.4 cm³/mol. The van der Waals surface area contributed by atoms with Crippen LogP contribution in [0.4, 0.5) is 11.5 Å². The molecule has 1 N–H and O–H groups in total. The number of aromatic nitrogens is 1. The topological polar surface area (TPSA) is 48.7 Å². The van der Waals surface area contributed by atoms with Gasteiger partial charge in [0, 0.05) is 16.4 Å². The highest BCUT2D eigenvalue weighted by Gasteiger charge is 2.01. The Labute approximate surface area is 112 Å². The van der Waals surface area contributed by atoms with E-state index >= 15 is 0 Å². The zero-order valence-corrected chi connectivity index (χ0v) is 11.0. The zero-order chi connectivity index (χ0) is 12.3. The van der Waals surface area contributed by atoms with Crippen LogP contribution in [0.15, 0.2) is 41.0 Å². The Bertz CT molecular complexity index is 593. The van der Waals surface area contributed by atoms with Crippen LogP contribution in [0.2, 0.25) is 5.02 Å². The Morgan fingerprint density at radius 2 is 2.12 bits per heavy atom. The Morgan fingerprint density at radius 1 is 1.29 bits per heavy atom. The summed E-state index contributed by atoms with van der Waals surface area (Å²) in [5.74, 6) is 0.613. The normalized spacial score (nSPS) is 9.71. The molecule has 2 aromatic rings. The molecule has 5 heteroatoms. The Kier molecular flexibility index (Phi) is 3.62. The summed E-state index contributed by atoms with van der Waals surface area (Å²) in [4.78, 5) is 4.12. The van der Waals surface area contributed by atoms with Crippen LogP contribution >= 0.6 is 27.5 Å². The number of pyridine rings is 1. The summed E-state index contributed by atoms with van der Waals surface area (Å²) in [6.45, 7) is 0. The molecule has 0 radical (unpaired) electrons. The molecule has 0 atom stereocenters. The van der Waals surface area contributed by atoms with E-state index in [4.69, 9.17) is 16.9 Å². The Hall–Kier alpha value is -1.57. The predicted octanol–water partition coefficient (Wildman–Crippen LogP) is 4.11. The van der Waals surface area contributed by atoms with Gasteiger partial charge in [-0.3, -0.25) is 0 Å². The van der Waals surface area contributed by atoms with Crippen molar-refractivity contribution in [1.82, 2.24) is 4.98 Å². The third kappa shape index (κ3) is 2.96. The SMILES string of the molecule is N#Cc1ccnc(Nc2ccc(Br)c(Cl)c2)c1. The van der Waals surface area contributed by atoms with Crippen LogP contribution in [0.25, 0.3) is 0 Å². The molecule has 3 nitrogen and oxygen atoms in total. The maximum atomic E-state index is 8.78. The molecule has 0 spiro atoms. The molecule has 0 saturated heterocycles. The lowest BCUT2D eigenvalue weighted by atomic mass is 10.2. The summed E-state index contributed by atoms with van der Waals surface area (Å²) < 4.78 is 0.837. The molecule has 84 valence electrons. The standard InChI is InChI=1S/C12H7BrClN3/c13-10-2-1-9(6-11(10)14)17-12-5-8(7-15)3-4-16-12/h1-6H,(H,16,17). The molecule has 0 amide bonds. The second-order valence-electron chi connectivity index (χ2n) is 3.30. The van der Waals surface area contributed by atoms with E-state index in [1.54, 1.807) is 24.4 Å². The van der Waals surface area contributed by atoms with Gasteiger partial charge in [0.15, 0.2) is 0 Å². The number of nitrogens with one attached hydrogen (secondary N) is 1. The highest BCUT2D eigenvalue weighted by atomic mass is 79.9. The lowest BCUT2D eigenvalue weighted by molar-refractivity contribution is 1.29. The van der Waals surface area contributed by atoms with Crippen molar-refractivity contribution >= 4 is 39.0 Å². The highest BCUT2D eigenvalue weighted by molar-refractivity contribution is 9.10. The molecule has 2 rings (SSSR count). The van der Waals surface area contributed by atoms with E-state index in [1.807, 2.05) is 12.1 Å². The van der Waals surface area contributed by atoms with Gasteiger partial charge in [-0.15, -0.1) is 0 Å². The molecular weight excluding hydrogens is 302 g/mol. The van der Waals surface area contributed by atoms with E-state index < -0.39 is 0 Å². The van der Waals surface area contributed by atoms with Gasteiger partial charge in [0.2, 0.25) is 0 Å². The number of rotatable bonds is 2. The zero-order valence-electron chi connectivity index (χ0n) is 8.61. The van der Waals surface area contributed by atoms with E-state index in [0.717, 1.165) is 10.2 Å². The number of halogens is 2. The molecule has 0 aliphatic heterocycles. The molecule has 1 aromatic carbocycles. The van der Waals surface area contributed by atoms with Crippen molar-refractivity contribution in [3.8, 4) is 6.07 Å². The van der Waals surface area contributed by atoms with Crippen molar-refractivity contribution in [2.24, 2.45) is 0 Å². The summed E-state index contributed by atoms with van der Waals surface area (Å²) >= 11 is 9.30. The van der Waals surface area contributed by atoms with Gasteiger partial charge < -0.3 is 5.32 Å². The lowest BCUT2D eigenvalue weighted by Gasteiger charge is -2.06. The number of hydrogen-bond acceptors (Lipinski definition) is 3. The summed E-state index contributed by atoms with van der Waals surface area (Å²) in [7, 11) is 0. The van der Waals surface area contributed by atoms with Crippen LogP contribution < -0.4 is 5.32 Å². The van der Waals surface area contributed by atoms with Crippen LogP contribution in [0.3, 0.4) is 0 Å². The first-order valence-electron chi connectivity index (χ1n) is 4.77. The minimum atomic E-state index is 0.561. The quantitative estimate of drug-likeness (QED) is 0.908. The average molecular weight is 309 g/mol. The van der Waals surface area contributed by atoms with Gasteiger partial charge in [0.05, 0.1) is 16.7 Å². The van der Waals surface area contributed by atoms with Crippen molar-refractivity contribution < 1.29 is 0 Å². The lowest BCUT2D eigenvalue weighted by Crippen LogP contribution is -1.93. The molecule has 0 bridgehead atoms. The fourth-order valence-corrected chi connectivity index (χ4v) is 1.72. The van der Waals surface area contributed by atoms with Crippen molar-refractivity contribution in [2.75, 3.05) is 5.32 Å². The van der Waals surface area contributed by atoms with Gasteiger partial charge in [-0.2, -0.15) is 5.26 Å². The molecule has 0 saturated carbocycles. The van der Waals surface area contributed by atoms with E-state index in [9.17, 15) is 0 Å². The van der Waals surface area contributed by atoms with Gasteiger partial charge in [-0.25, -0.2) is 4.98 Å². The molecule has 1 aromatic heterocycles. The molecule has 0 unspecified atom stereocenters. The third-order valence-electron chi connectivity index (χ3n) is 2.08. The van der Waals surface area contributed by atoms with Crippen molar-refractivity contribution in [3.05, 3.63) is 51.6 Å². The summed E-state index contributed by atoms with van der Waals surface area (Å²) in [5.41, 5.74) is 1.38. The third-order valence-corrected chi connectivity index (χ3v) is 3.31. The van der Waals surface area contributed by atoms with Crippen molar-refractivity contribution in [3.63, 3.8) is 0 Å². The molecule has 17 heavy (non-hydrogen) atoms. The smallest absolute Gasteiger partial charge is 0.131 e. The van der Waals surface area contributed by atoms with Crippen molar-refractivity contribution in [2.45, 2.75) is 0 Å². The van der Waals surface area contributed by atoms with Gasteiger partial charge in [-0.1, -0.05) is 11.6 Å². The molecule has 0 aliphatic carbocycles. The number of nitrogens with zero attached hydrogens (tertiary/aromatic N) is 2. The fourth-order valence-electron chi connectivity index (χ4n) is 1.29. The molecule has 0 aliphatic rings. The summed E-state index contributed by atoms with van der Waals surface area (Å²) in [5, 5.41) is 12.5. The Balaban J connectivity index is 2.25. The highest BCUT2D eigenvalue weighted by Crippen LogP contribution is 2.26. The number of hydrogen-bond donors (Lipinski definition) is 1. The number of anilines is 2. The van der Waals surface area contributed by atoms with E-state index in [2.05, 4.69) is 32.3 Å². The van der Waals surface area contributed by atoms with E-state index in [0.29, 0.717) is 16.4 Å². The van der Waals surface area contributed by atoms with Crippen molar-refractivity contribution in [1.29, 1.82) is 5.26 Å². The van der Waals surface area contributed by atoms with Crippen LogP contribution in [-0.4, -0.2) is 4.98 Å². The first kappa shape index (κ1) is 11.9. The first-order chi connectivity index (χ1) is 8.19. The summed E-state index contributed by atoms with van der Waals surface area (Å²) in [6.07, 6.45) is 1.58. The average Bonchev–Trinajstić information content (AvgIpc) is 2.34. The molecule has 0 fully saturated rings. The fraction of sp³-hybridized carbons (Fsp3) is 0. The Morgan fingerprint density at radius 3 is 2.82 bits per heavy atom. The minimum absolute atomic E-state index is 0.561. The number of benzene rings is 1. The van der Waals surface area contributed by atoms with Gasteiger partial charge in [-0.05, 0) is 46.3 Å². The van der Waals surface area contributed by atoms with Gasteiger partial charge in [0.25, 0.3) is 0 Å². The molecule has 1 heterocycles. The maximum Gasteiger partial charge on any atom is 0.131 e. The van der Waals surface area contributed by atoms with E-state index in [-0.39, 0.29) is 0 Å². The number of nitriles is 1. The second-order valence-corrected chi connectivity index (χ2v) is 4.56. The minimum Gasteiger partial charge on any atom is -0.340 e. The first-order valence-corrected chi connectivity index (χ1v) is 5.94. The van der Waals surface area contributed by atoms with Crippen LogP contribution in [0.1, 0.15) is 5.56 Å². The van der Waals surface area contributed by atoms with Crippen LogP contribution in [-0.2, 0) is 0 Å². The van der Waals surface area contributed by atoms with Crippen LogP contribution in [0, 0.1) is 11.3 Å². The second kappa shape index (κ2) is 5.17. The van der Waals surface area contributed by atoms with Gasteiger partial charge in [0.1, 0.15) is 5.82 Å². The largest absolute Gasteiger partial charge is 0.340 e. The molecular formula is C12H7BrClN3. The monoisotopic (exact) mass is 307 g/mol. The summed E-state index contributed by atoms with van der Waals surface area (Å²) in [6, 6.07) is 10.9. The maximum absolute atomic E-state index is 8.78. The van der Waals surface area contributed by atoms with Crippen LogP contribution in [0.5, 0.6) is 0 Å². The van der Waals surface area contributed by atoms with Gasteiger partial charge >= 0.3 is 0 Å². The van der Waals surface area contributed by atoms with E-state index in [1.165, 1.54) is 0 Å².